The molecule has 24 heavy (non-hydrogen) atoms. The summed E-state index contributed by atoms with van der Waals surface area (Å²) in [7, 11) is 1.82. The van der Waals surface area contributed by atoms with Crippen molar-refractivity contribution in [1.82, 2.24) is 10.6 Å². The van der Waals surface area contributed by atoms with Crippen LogP contribution in [0.5, 0.6) is 0 Å². The molecule has 0 bridgehead atoms. The topological polar surface area (TPSA) is 54.9 Å². The summed E-state index contributed by atoms with van der Waals surface area (Å²) in [5, 5.41) is 6.71. The molecule has 0 aromatic heterocycles. The predicted octanol–water partition coefficient (Wildman–Crippen LogP) is 3.24. The maximum atomic E-state index is 5.94. The van der Waals surface area contributed by atoms with Crippen LogP contribution in [0.25, 0.3) is 0 Å². The van der Waals surface area contributed by atoms with Gasteiger partial charge < -0.3 is 20.1 Å². The molecular weight excluding hydrogens is 302 g/mol. The molecule has 2 aliphatic carbocycles. The summed E-state index contributed by atoms with van der Waals surface area (Å²) in [5.41, 5.74) is 0. The van der Waals surface area contributed by atoms with Crippen LogP contribution in [0.1, 0.15) is 70.6 Å². The number of guanidine groups is 1. The third-order valence-corrected chi connectivity index (χ3v) is 5.01. The zero-order valence-corrected chi connectivity index (χ0v) is 15.5. The summed E-state index contributed by atoms with van der Waals surface area (Å²) in [4.78, 5) is 4.26. The van der Waals surface area contributed by atoms with Crippen LogP contribution in [-0.4, -0.2) is 51.5 Å². The second-order valence-corrected chi connectivity index (χ2v) is 7.04. The van der Waals surface area contributed by atoms with E-state index >= 15 is 0 Å². The van der Waals surface area contributed by atoms with E-state index in [0.29, 0.717) is 12.2 Å². The van der Waals surface area contributed by atoms with Gasteiger partial charge in [0.25, 0.3) is 0 Å². The maximum Gasteiger partial charge on any atom is 0.190 e. The van der Waals surface area contributed by atoms with Crippen LogP contribution in [-0.2, 0) is 9.47 Å². The molecule has 5 nitrogen and oxygen atoms in total. The fourth-order valence-corrected chi connectivity index (χ4v) is 3.57. The Balaban J connectivity index is 1.40. The molecule has 140 valence electrons. The molecule has 0 radical (unpaired) electrons. The van der Waals surface area contributed by atoms with Crippen molar-refractivity contribution in [3.8, 4) is 0 Å². The molecule has 5 heteroatoms. The number of hydrogen-bond donors (Lipinski definition) is 2. The third-order valence-electron chi connectivity index (χ3n) is 5.01. The lowest BCUT2D eigenvalue weighted by Gasteiger charge is -2.22. The predicted molar refractivity (Wildman–Crippen MR) is 99.6 cm³/mol. The van der Waals surface area contributed by atoms with Crippen molar-refractivity contribution in [3.05, 3.63) is 0 Å². The maximum absolute atomic E-state index is 5.94. The van der Waals surface area contributed by atoms with Gasteiger partial charge in [-0.1, -0.05) is 32.1 Å². The van der Waals surface area contributed by atoms with E-state index in [1.165, 1.54) is 57.8 Å². The normalized spacial score (nSPS) is 20.5. The monoisotopic (exact) mass is 339 g/mol. The first-order valence-electron chi connectivity index (χ1n) is 10.1. The highest BCUT2D eigenvalue weighted by atomic mass is 16.5. The van der Waals surface area contributed by atoms with Crippen molar-refractivity contribution in [2.24, 2.45) is 4.99 Å². The fraction of sp³-hybridized carbons (Fsp3) is 0.947. The van der Waals surface area contributed by atoms with Crippen LogP contribution < -0.4 is 10.6 Å². The molecule has 0 spiro atoms. The lowest BCUT2D eigenvalue weighted by molar-refractivity contribution is 0.0277. The number of hydrogen-bond acceptors (Lipinski definition) is 3. The number of ether oxygens (including phenoxy) is 2. The molecule has 2 N–H and O–H groups in total. The summed E-state index contributed by atoms with van der Waals surface area (Å²) >= 11 is 0. The van der Waals surface area contributed by atoms with E-state index in [0.717, 1.165) is 45.1 Å². The van der Waals surface area contributed by atoms with E-state index in [1.54, 1.807) is 0 Å². The van der Waals surface area contributed by atoms with Crippen molar-refractivity contribution in [2.75, 3.05) is 33.4 Å². The van der Waals surface area contributed by atoms with Gasteiger partial charge in [0, 0.05) is 33.4 Å². The van der Waals surface area contributed by atoms with Crippen LogP contribution in [0.4, 0.5) is 0 Å². The summed E-state index contributed by atoms with van der Waals surface area (Å²) in [6.07, 6.45) is 14.8. The van der Waals surface area contributed by atoms with Gasteiger partial charge in [-0.2, -0.15) is 0 Å². The molecule has 0 heterocycles. The van der Waals surface area contributed by atoms with Gasteiger partial charge in [-0.05, 0) is 38.5 Å². The summed E-state index contributed by atoms with van der Waals surface area (Å²) in [6, 6.07) is 0. The lowest BCUT2D eigenvalue weighted by atomic mass is 9.98. The summed E-state index contributed by atoms with van der Waals surface area (Å²) in [6.45, 7) is 3.52. The molecule has 0 amide bonds. The average Bonchev–Trinajstić information content (AvgIpc) is 3.14. The molecule has 2 rings (SSSR count). The van der Waals surface area contributed by atoms with Crippen molar-refractivity contribution in [3.63, 3.8) is 0 Å². The molecule has 0 aliphatic heterocycles. The highest BCUT2D eigenvalue weighted by molar-refractivity contribution is 5.79. The van der Waals surface area contributed by atoms with E-state index in [2.05, 4.69) is 15.6 Å². The lowest BCUT2D eigenvalue weighted by Crippen LogP contribution is -2.38. The first-order chi connectivity index (χ1) is 11.9. The Hall–Kier alpha value is -0.810. The highest BCUT2D eigenvalue weighted by Gasteiger charge is 2.14. The average molecular weight is 340 g/mol. The van der Waals surface area contributed by atoms with Gasteiger partial charge in [-0.3, -0.25) is 4.99 Å². The number of nitrogens with one attached hydrogen (secondary N) is 2. The quantitative estimate of drug-likeness (QED) is 0.364. The molecule has 0 saturated heterocycles. The zero-order chi connectivity index (χ0) is 16.9. The van der Waals surface area contributed by atoms with Gasteiger partial charge in [0.2, 0.25) is 0 Å². The summed E-state index contributed by atoms with van der Waals surface area (Å²) < 4.78 is 11.8. The van der Waals surface area contributed by atoms with Crippen LogP contribution in [0.15, 0.2) is 4.99 Å². The van der Waals surface area contributed by atoms with Gasteiger partial charge in [-0.15, -0.1) is 0 Å². The van der Waals surface area contributed by atoms with E-state index in [1.807, 2.05) is 7.05 Å². The highest BCUT2D eigenvalue weighted by Crippen LogP contribution is 2.21. The van der Waals surface area contributed by atoms with E-state index in [4.69, 9.17) is 9.47 Å². The van der Waals surface area contributed by atoms with Crippen molar-refractivity contribution >= 4 is 5.96 Å². The number of nitrogens with zero attached hydrogens (tertiary/aromatic N) is 1. The first-order valence-corrected chi connectivity index (χ1v) is 10.1. The van der Waals surface area contributed by atoms with Gasteiger partial charge in [0.05, 0.1) is 12.2 Å². The van der Waals surface area contributed by atoms with E-state index in [-0.39, 0.29) is 0 Å². The number of aliphatic imine (C=N–C) groups is 1. The van der Waals surface area contributed by atoms with Gasteiger partial charge in [0.15, 0.2) is 5.96 Å². The minimum absolute atomic E-state index is 0.510. The Bertz CT molecular complexity index is 338. The molecule has 0 aromatic rings. The van der Waals surface area contributed by atoms with Gasteiger partial charge in [-0.25, -0.2) is 0 Å². The Morgan fingerprint density at radius 2 is 1.25 bits per heavy atom. The molecule has 0 atom stereocenters. The Labute approximate surface area is 148 Å². The third kappa shape index (κ3) is 8.34. The standard InChI is InChI=1S/C19H37N3O2/c1-20-19(22-14-8-16-24-18-11-5-6-12-18)21-13-7-15-23-17-9-3-2-4-10-17/h17-18H,2-16H2,1H3,(H2,20,21,22). The van der Waals surface area contributed by atoms with Crippen LogP contribution >= 0.6 is 0 Å². The molecule has 2 fully saturated rings. The molecule has 2 aliphatic rings. The smallest absolute Gasteiger partial charge is 0.190 e. The van der Waals surface area contributed by atoms with Crippen molar-refractivity contribution in [2.45, 2.75) is 82.8 Å². The van der Waals surface area contributed by atoms with Crippen molar-refractivity contribution < 1.29 is 9.47 Å². The van der Waals surface area contributed by atoms with Gasteiger partial charge >= 0.3 is 0 Å². The largest absolute Gasteiger partial charge is 0.378 e. The minimum atomic E-state index is 0.510. The fourth-order valence-electron chi connectivity index (χ4n) is 3.57. The zero-order valence-electron chi connectivity index (χ0n) is 15.5. The molecular formula is C19H37N3O2. The van der Waals surface area contributed by atoms with E-state index < -0.39 is 0 Å². The molecule has 0 unspecified atom stereocenters. The minimum Gasteiger partial charge on any atom is -0.378 e. The van der Waals surface area contributed by atoms with Gasteiger partial charge in [0.1, 0.15) is 0 Å². The second kappa shape index (κ2) is 12.5. The Morgan fingerprint density at radius 1 is 0.792 bits per heavy atom. The SMILES string of the molecule is CN=C(NCCCOC1CCCCC1)NCCCOC1CCCC1. The van der Waals surface area contributed by atoms with Crippen LogP contribution in [0.3, 0.4) is 0 Å². The molecule has 2 saturated carbocycles. The second-order valence-electron chi connectivity index (χ2n) is 7.04. The Kier molecular flexibility index (Phi) is 10.2. The molecule has 0 aromatic carbocycles. The number of rotatable bonds is 10. The van der Waals surface area contributed by atoms with E-state index in [9.17, 15) is 0 Å². The van der Waals surface area contributed by atoms with Crippen LogP contribution in [0.2, 0.25) is 0 Å². The Morgan fingerprint density at radius 3 is 1.71 bits per heavy atom. The van der Waals surface area contributed by atoms with Crippen LogP contribution in [0, 0.1) is 0 Å². The first kappa shape index (κ1) is 19.5. The summed E-state index contributed by atoms with van der Waals surface area (Å²) in [5.74, 6) is 0.883. The van der Waals surface area contributed by atoms with Crippen molar-refractivity contribution in [1.29, 1.82) is 0 Å².